The van der Waals surface area contributed by atoms with Crippen LogP contribution in [0.3, 0.4) is 0 Å². The molecule has 0 saturated heterocycles. The molecule has 1 N–H and O–H groups in total. The number of thiazole rings is 1. The van der Waals surface area contributed by atoms with Crippen LogP contribution >= 0.6 is 11.3 Å². The lowest BCUT2D eigenvalue weighted by Gasteiger charge is -2.16. The molecule has 0 bridgehead atoms. The Morgan fingerprint density at radius 3 is 2.48 bits per heavy atom. The highest BCUT2D eigenvalue weighted by Crippen LogP contribution is 2.29. The molecule has 1 amide bonds. The van der Waals surface area contributed by atoms with Crippen molar-refractivity contribution < 1.29 is 14.3 Å². The van der Waals surface area contributed by atoms with E-state index in [1.165, 1.54) is 11.3 Å². The molecule has 1 aromatic heterocycles. The van der Waals surface area contributed by atoms with E-state index in [4.69, 9.17) is 4.74 Å². The van der Waals surface area contributed by atoms with Gasteiger partial charge < -0.3 is 10.1 Å². The summed E-state index contributed by atoms with van der Waals surface area (Å²) < 4.78 is 5.25. The summed E-state index contributed by atoms with van der Waals surface area (Å²) in [6.07, 6.45) is 0. The lowest BCUT2D eigenvalue weighted by molar-refractivity contribution is -0.119. The maximum Gasteiger partial charge on any atom is 0.350 e. The van der Waals surface area contributed by atoms with Crippen molar-refractivity contribution in [2.24, 2.45) is 0 Å². The summed E-state index contributed by atoms with van der Waals surface area (Å²) in [6, 6.07) is 15.6. The topological polar surface area (TPSA) is 68.3 Å². The second kappa shape index (κ2) is 9.01. The smallest absolute Gasteiger partial charge is 0.350 e. The number of esters is 1. The summed E-state index contributed by atoms with van der Waals surface area (Å²) in [5.41, 5.74) is 4.35. The second-order valence-electron chi connectivity index (χ2n) is 7.12. The van der Waals surface area contributed by atoms with Crippen molar-refractivity contribution in [2.75, 3.05) is 11.9 Å². The Morgan fingerprint density at radius 2 is 1.79 bits per heavy atom. The lowest BCUT2D eigenvalue weighted by Crippen LogP contribution is -2.22. The van der Waals surface area contributed by atoms with Gasteiger partial charge in [0.1, 0.15) is 9.88 Å². The largest absolute Gasteiger partial charge is 0.451 e. The first-order valence-corrected chi connectivity index (χ1v) is 10.3. The summed E-state index contributed by atoms with van der Waals surface area (Å²) in [6.45, 7) is 7.51. The molecule has 3 aromatic rings. The summed E-state index contributed by atoms with van der Waals surface area (Å²) in [7, 11) is 0. The van der Waals surface area contributed by atoms with Crippen LogP contribution in [-0.2, 0) is 9.53 Å². The Hall–Kier alpha value is -2.99. The van der Waals surface area contributed by atoms with Gasteiger partial charge in [-0.15, -0.1) is 11.3 Å². The van der Waals surface area contributed by atoms with E-state index in [0.29, 0.717) is 10.6 Å². The Morgan fingerprint density at radius 1 is 1.07 bits per heavy atom. The number of anilines is 1. The summed E-state index contributed by atoms with van der Waals surface area (Å²) >= 11 is 1.27. The molecule has 0 saturated carbocycles. The first-order valence-electron chi connectivity index (χ1n) is 9.46. The van der Waals surface area contributed by atoms with E-state index in [2.05, 4.69) is 24.1 Å². The Balaban J connectivity index is 1.66. The molecule has 0 fully saturated rings. The molecule has 0 spiro atoms. The SMILES string of the molecule is Cc1cccc(C(C)C)c1NC(=O)COC(=O)c1sc(-c2ccccc2)nc1C. The number of carbonyl (C=O) groups is 2. The first-order chi connectivity index (χ1) is 13.9. The average molecular weight is 409 g/mol. The molecular formula is C23H24N2O3S. The van der Waals surface area contributed by atoms with Gasteiger partial charge >= 0.3 is 5.97 Å². The third-order valence-electron chi connectivity index (χ3n) is 4.53. The zero-order valence-electron chi connectivity index (χ0n) is 17.0. The predicted molar refractivity (Wildman–Crippen MR) is 116 cm³/mol. The number of ether oxygens (including phenoxy) is 1. The van der Waals surface area contributed by atoms with Crippen LogP contribution in [0.25, 0.3) is 10.6 Å². The van der Waals surface area contributed by atoms with Crippen LogP contribution in [0.15, 0.2) is 48.5 Å². The van der Waals surface area contributed by atoms with E-state index in [1.807, 2.05) is 55.5 Å². The van der Waals surface area contributed by atoms with E-state index in [9.17, 15) is 9.59 Å². The molecule has 0 unspecified atom stereocenters. The third kappa shape index (κ3) is 4.90. The highest BCUT2D eigenvalue weighted by molar-refractivity contribution is 7.17. The number of hydrogen-bond donors (Lipinski definition) is 1. The first kappa shape index (κ1) is 20.7. The molecule has 2 aromatic carbocycles. The minimum Gasteiger partial charge on any atom is -0.451 e. The van der Waals surface area contributed by atoms with Gasteiger partial charge in [0.25, 0.3) is 5.91 Å². The number of nitrogens with zero attached hydrogens (tertiary/aromatic N) is 1. The molecule has 1 heterocycles. The van der Waals surface area contributed by atoms with Gasteiger partial charge in [0.2, 0.25) is 0 Å². The highest BCUT2D eigenvalue weighted by atomic mass is 32.1. The molecule has 0 radical (unpaired) electrons. The van der Waals surface area contributed by atoms with Crippen LogP contribution in [0, 0.1) is 13.8 Å². The van der Waals surface area contributed by atoms with Gasteiger partial charge in [-0.05, 0) is 30.9 Å². The minimum absolute atomic E-state index is 0.268. The Kier molecular flexibility index (Phi) is 6.44. The number of benzene rings is 2. The highest BCUT2D eigenvalue weighted by Gasteiger charge is 2.19. The van der Waals surface area contributed by atoms with Crippen molar-refractivity contribution in [3.8, 4) is 10.6 Å². The minimum atomic E-state index is -0.536. The van der Waals surface area contributed by atoms with Crippen LogP contribution in [-0.4, -0.2) is 23.5 Å². The van der Waals surface area contributed by atoms with Gasteiger partial charge in [-0.1, -0.05) is 62.4 Å². The Labute approximate surface area is 174 Å². The lowest BCUT2D eigenvalue weighted by atomic mass is 9.98. The zero-order chi connectivity index (χ0) is 21.0. The van der Waals surface area contributed by atoms with Gasteiger partial charge in [0.05, 0.1) is 5.69 Å². The van der Waals surface area contributed by atoms with E-state index in [0.717, 1.165) is 27.4 Å². The summed E-state index contributed by atoms with van der Waals surface area (Å²) in [5, 5.41) is 3.64. The summed E-state index contributed by atoms with van der Waals surface area (Å²) in [5.74, 6) is -0.629. The van der Waals surface area contributed by atoms with E-state index < -0.39 is 5.97 Å². The van der Waals surface area contributed by atoms with Gasteiger partial charge in [0.15, 0.2) is 6.61 Å². The van der Waals surface area contributed by atoms with Crippen molar-refractivity contribution >= 4 is 28.9 Å². The van der Waals surface area contributed by atoms with Crippen molar-refractivity contribution in [3.63, 3.8) is 0 Å². The molecule has 29 heavy (non-hydrogen) atoms. The zero-order valence-corrected chi connectivity index (χ0v) is 17.8. The number of para-hydroxylation sites is 1. The molecule has 5 nitrogen and oxygen atoms in total. The molecular weight excluding hydrogens is 384 g/mol. The van der Waals surface area contributed by atoms with Gasteiger partial charge in [-0.25, -0.2) is 9.78 Å². The number of aryl methyl sites for hydroxylation is 2. The number of hydrogen-bond acceptors (Lipinski definition) is 5. The van der Waals surface area contributed by atoms with Gasteiger partial charge in [-0.2, -0.15) is 0 Å². The average Bonchev–Trinajstić information content (AvgIpc) is 3.10. The van der Waals surface area contributed by atoms with E-state index >= 15 is 0 Å². The third-order valence-corrected chi connectivity index (χ3v) is 5.72. The van der Waals surface area contributed by atoms with E-state index in [-0.39, 0.29) is 18.4 Å². The van der Waals surface area contributed by atoms with Crippen molar-refractivity contribution in [1.82, 2.24) is 4.98 Å². The van der Waals surface area contributed by atoms with Crippen molar-refractivity contribution in [3.05, 3.63) is 70.2 Å². The predicted octanol–water partition coefficient (Wildman–Crippen LogP) is 5.35. The van der Waals surface area contributed by atoms with Gasteiger partial charge in [-0.3, -0.25) is 4.79 Å². The summed E-state index contributed by atoms with van der Waals surface area (Å²) in [4.78, 5) is 29.7. The number of aromatic nitrogens is 1. The number of nitrogens with one attached hydrogen (secondary N) is 1. The number of rotatable bonds is 6. The quantitative estimate of drug-likeness (QED) is 0.559. The fourth-order valence-electron chi connectivity index (χ4n) is 3.00. The fraction of sp³-hybridized carbons (Fsp3) is 0.261. The number of amides is 1. The maximum absolute atomic E-state index is 12.5. The molecule has 0 aliphatic carbocycles. The van der Waals surface area contributed by atoms with E-state index in [1.54, 1.807) is 6.92 Å². The standard InChI is InChI=1S/C23H24N2O3S/c1-14(2)18-12-8-9-15(3)20(18)25-19(26)13-28-23(27)21-16(4)24-22(29-21)17-10-6-5-7-11-17/h5-12,14H,13H2,1-4H3,(H,25,26). The molecule has 0 atom stereocenters. The molecule has 0 aliphatic heterocycles. The second-order valence-corrected chi connectivity index (χ2v) is 8.12. The maximum atomic E-state index is 12.5. The monoisotopic (exact) mass is 408 g/mol. The van der Waals surface area contributed by atoms with Crippen LogP contribution in [0.5, 0.6) is 0 Å². The van der Waals surface area contributed by atoms with Crippen LogP contribution in [0.2, 0.25) is 0 Å². The van der Waals surface area contributed by atoms with Gasteiger partial charge in [0, 0.05) is 11.3 Å². The molecule has 6 heteroatoms. The van der Waals surface area contributed by atoms with Crippen LogP contribution < -0.4 is 5.32 Å². The molecule has 150 valence electrons. The van der Waals surface area contributed by atoms with Crippen LogP contribution in [0.1, 0.15) is 46.3 Å². The van der Waals surface area contributed by atoms with Crippen molar-refractivity contribution in [2.45, 2.75) is 33.6 Å². The normalized spacial score (nSPS) is 10.8. The Bertz CT molecular complexity index is 1030. The molecule has 3 rings (SSSR count). The number of carbonyl (C=O) groups excluding carboxylic acids is 2. The molecule has 0 aliphatic rings. The van der Waals surface area contributed by atoms with Crippen LogP contribution in [0.4, 0.5) is 5.69 Å². The van der Waals surface area contributed by atoms with Crippen molar-refractivity contribution in [1.29, 1.82) is 0 Å². The fourth-order valence-corrected chi connectivity index (χ4v) is 3.97.